The maximum Gasteiger partial charge on any atom is 0.244 e. The summed E-state index contributed by atoms with van der Waals surface area (Å²) in [6, 6.07) is 22.6. The molecule has 0 radical (unpaired) electrons. The van der Waals surface area contributed by atoms with Gasteiger partial charge in [0.25, 0.3) is 0 Å². The minimum Gasteiger partial charge on any atom is -0.350 e. The van der Waals surface area contributed by atoms with E-state index < -0.39 is 34.1 Å². The molecule has 0 heterocycles. The molecule has 39 heavy (non-hydrogen) atoms. The topological polar surface area (TPSA) is 86.8 Å². The largest absolute Gasteiger partial charge is 0.350 e. The molecule has 3 aromatic rings. The van der Waals surface area contributed by atoms with Crippen LogP contribution >= 0.6 is 11.6 Å². The van der Waals surface area contributed by atoms with Crippen LogP contribution in [-0.2, 0) is 32.6 Å². The fourth-order valence-electron chi connectivity index (χ4n) is 4.14. The average molecular weight is 570 g/mol. The highest BCUT2D eigenvalue weighted by Gasteiger charge is 2.34. The van der Waals surface area contributed by atoms with E-state index in [2.05, 4.69) is 5.32 Å². The molecule has 0 saturated heterocycles. The second-order valence-electron chi connectivity index (χ2n) is 10.7. The lowest BCUT2D eigenvalue weighted by atomic mass is 10.0. The molecular formula is C30H36ClN3O4S. The first-order valence-electron chi connectivity index (χ1n) is 12.7. The number of aryl methyl sites for hydroxylation is 1. The first-order chi connectivity index (χ1) is 18.2. The molecule has 1 N–H and O–H groups in total. The number of nitrogens with zero attached hydrogens (tertiary/aromatic N) is 2. The van der Waals surface area contributed by atoms with Gasteiger partial charge in [0.2, 0.25) is 21.8 Å². The third-order valence-corrected chi connectivity index (χ3v) is 7.39. The van der Waals surface area contributed by atoms with Gasteiger partial charge in [-0.2, -0.15) is 0 Å². The molecule has 0 aliphatic heterocycles. The molecule has 0 aliphatic carbocycles. The van der Waals surface area contributed by atoms with Crippen molar-refractivity contribution in [3.8, 4) is 0 Å². The number of amides is 2. The number of rotatable bonds is 10. The summed E-state index contributed by atoms with van der Waals surface area (Å²) < 4.78 is 26.6. The van der Waals surface area contributed by atoms with Gasteiger partial charge >= 0.3 is 0 Å². The fourth-order valence-corrected chi connectivity index (χ4v) is 5.17. The molecule has 0 spiro atoms. The standard InChI is InChI=1S/C30H36ClN3O4S/c1-22-14-16-24(17-15-22)20-33(27(29(36)32-30(2,3)4)18-23-10-7-6-8-11-23)28(35)21-34(39(5,37)38)26-13-9-12-25(31)19-26/h6-17,19,27H,18,20-21H2,1-5H3,(H,32,36)/t27-/m1/s1. The maximum atomic E-state index is 14.0. The normalized spacial score (nSPS) is 12.5. The summed E-state index contributed by atoms with van der Waals surface area (Å²) in [5, 5.41) is 3.35. The Hall–Kier alpha value is -3.36. The van der Waals surface area contributed by atoms with Crippen molar-refractivity contribution < 1.29 is 18.0 Å². The van der Waals surface area contributed by atoms with Gasteiger partial charge in [-0.05, 0) is 57.0 Å². The quantitative estimate of drug-likeness (QED) is 0.373. The van der Waals surface area contributed by atoms with Crippen LogP contribution in [0.3, 0.4) is 0 Å². The van der Waals surface area contributed by atoms with Gasteiger partial charge < -0.3 is 10.2 Å². The summed E-state index contributed by atoms with van der Waals surface area (Å²) in [5.41, 5.74) is 2.50. The van der Waals surface area contributed by atoms with Gasteiger partial charge in [-0.1, -0.05) is 77.8 Å². The van der Waals surface area contributed by atoms with Gasteiger partial charge in [0.15, 0.2) is 0 Å². The van der Waals surface area contributed by atoms with Crippen LogP contribution in [0.4, 0.5) is 5.69 Å². The summed E-state index contributed by atoms with van der Waals surface area (Å²) in [6.07, 6.45) is 1.30. The molecule has 3 rings (SSSR count). The third-order valence-electron chi connectivity index (χ3n) is 6.02. The molecule has 0 unspecified atom stereocenters. The molecule has 7 nitrogen and oxygen atoms in total. The van der Waals surface area contributed by atoms with Crippen LogP contribution in [0.15, 0.2) is 78.9 Å². The molecule has 0 aromatic heterocycles. The van der Waals surface area contributed by atoms with Crippen LogP contribution in [0.1, 0.15) is 37.5 Å². The average Bonchev–Trinajstić information content (AvgIpc) is 2.84. The molecule has 1 atom stereocenters. The van der Waals surface area contributed by atoms with Gasteiger partial charge in [0.05, 0.1) is 11.9 Å². The van der Waals surface area contributed by atoms with E-state index in [0.717, 1.165) is 27.3 Å². The van der Waals surface area contributed by atoms with Crippen LogP contribution in [0, 0.1) is 6.92 Å². The minimum absolute atomic E-state index is 0.126. The lowest BCUT2D eigenvalue weighted by Crippen LogP contribution is -2.56. The highest BCUT2D eigenvalue weighted by Crippen LogP contribution is 2.23. The van der Waals surface area contributed by atoms with Gasteiger partial charge in [-0.25, -0.2) is 8.42 Å². The van der Waals surface area contributed by atoms with Crippen molar-refractivity contribution in [1.29, 1.82) is 0 Å². The monoisotopic (exact) mass is 569 g/mol. The SMILES string of the molecule is Cc1ccc(CN(C(=O)CN(c2cccc(Cl)c2)S(C)(=O)=O)[C@H](Cc2ccccc2)C(=O)NC(C)(C)C)cc1. The number of carbonyl (C=O) groups is 2. The second kappa shape index (κ2) is 12.7. The Morgan fingerprint density at radius 3 is 2.13 bits per heavy atom. The Balaban J connectivity index is 2.07. The number of nitrogens with one attached hydrogen (secondary N) is 1. The van der Waals surface area contributed by atoms with E-state index in [4.69, 9.17) is 11.6 Å². The van der Waals surface area contributed by atoms with E-state index in [1.54, 1.807) is 18.2 Å². The van der Waals surface area contributed by atoms with Crippen molar-refractivity contribution in [1.82, 2.24) is 10.2 Å². The highest BCUT2D eigenvalue weighted by molar-refractivity contribution is 7.92. The van der Waals surface area contributed by atoms with Crippen LogP contribution < -0.4 is 9.62 Å². The number of hydrogen-bond acceptors (Lipinski definition) is 4. The van der Waals surface area contributed by atoms with Crippen molar-refractivity contribution in [2.75, 3.05) is 17.1 Å². The van der Waals surface area contributed by atoms with Crippen molar-refractivity contribution in [2.24, 2.45) is 0 Å². The minimum atomic E-state index is -3.85. The summed E-state index contributed by atoms with van der Waals surface area (Å²) in [4.78, 5) is 29.2. The van der Waals surface area contributed by atoms with E-state index in [9.17, 15) is 18.0 Å². The Kier molecular flexibility index (Phi) is 9.80. The zero-order valence-electron chi connectivity index (χ0n) is 23.0. The molecule has 3 aromatic carbocycles. The number of anilines is 1. The maximum absolute atomic E-state index is 14.0. The molecule has 0 fully saturated rings. The lowest BCUT2D eigenvalue weighted by molar-refractivity contribution is -0.140. The van der Waals surface area contributed by atoms with E-state index >= 15 is 0 Å². The first kappa shape index (κ1) is 30.2. The Bertz CT molecular complexity index is 1390. The van der Waals surface area contributed by atoms with Crippen molar-refractivity contribution >= 4 is 39.1 Å². The second-order valence-corrected chi connectivity index (χ2v) is 13.0. The Labute approximate surface area is 236 Å². The van der Waals surface area contributed by atoms with Crippen LogP contribution in [0.25, 0.3) is 0 Å². The zero-order chi connectivity index (χ0) is 28.8. The van der Waals surface area contributed by atoms with E-state index in [1.165, 1.54) is 11.0 Å². The molecular weight excluding hydrogens is 534 g/mol. The van der Waals surface area contributed by atoms with Crippen LogP contribution in [0.5, 0.6) is 0 Å². The predicted molar refractivity (Wildman–Crippen MR) is 157 cm³/mol. The van der Waals surface area contributed by atoms with E-state index in [1.807, 2.05) is 82.3 Å². The van der Waals surface area contributed by atoms with Gasteiger partial charge in [0.1, 0.15) is 12.6 Å². The van der Waals surface area contributed by atoms with Gasteiger partial charge in [-0.15, -0.1) is 0 Å². The Morgan fingerprint density at radius 2 is 1.56 bits per heavy atom. The van der Waals surface area contributed by atoms with Crippen molar-refractivity contribution in [3.63, 3.8) is 0 Å². The number of carbonyl (C=O) groups excluding carboxylic acids is 2. The predicted octanol–water partition coefficient (Wildman–Crippen LogP) is 4.97. The molecule has 0 saturated carbocycles. The summed E-state index contributed by atoms with van der Waals surface area (Å²) in [6.45, 7) is 7.24. The molecule has 0 bridgehead atoms. The Morgan fingerprint density at radius 1 is 0.923 bits per heavy atom. The zero-order valence-corrected chi connectivity index (χ0v) is 24.6. The van der Waals surface area contributed by atoms with Gasteiger partial charge in [0, 0.05) is 23.5 Å². The summed E-state index contributed by atoms with van der Waals surface area (Å²) in [5.74, 6) is -0.827. The fraction of sp³-hybridized carbons (Fsp3) is 0.333. The van der Waals surface area contributed by atoms with Crippen molar-refractivity contribution in [3.05, 3.63) is 101 Å². The molecule has 0 aliphatic rings. The van der Waals surface area contributed by atoms with Crippen molar-refractivity contribution in [2.45, 2.75) is 52.2 Å². The smallest absolute Gasteiger partial charge is 0.244 e. The number of halogens is 1. The van der Waals surface area contributed by atoms with E-state index in [-0.39, 0.29) is 24.6 Å². The number of sulfonamides is 1. The van der Waals surface area contributed by atoms with Crippen LogP contribution in [-0.4, -0.2) is 49.5 Å². The van der Waals surface area contributed by atoms with Crippen LogP contribution in [0.2, 0.25) is 5.02 Å². The van der Waals surface area contributed by atoms with Gasteiger partial charge in [-0.3, -0.25) is 13.9 Å². The summed E-state index contributed by atoms with van der Waals surface area (Å²) in [7, 11) is -3.85. The number of hydrogen-bond donors (Lipinski definition) is 1. The molecule has 9 heteroatoms. The molecule has 208 valence electrons. The molecule has 2 amide bonds. The summed E-state index contributed by atoms with van der Waals surface area (Å²) >= 11 is 6.13. The number of benzene rings is 3. The highest BCUT2D eigenvalue weighted by atomic mass is 35.5. The van der Waals surface area contributed by atoms with E-state index in [0.29, 0.717) is 5.02 Å². The third kappa shape index (κ3) is 9.11. The first-order valence-corrected chi connectivity index (χ1v) is 14.9. The lowest BCUT2D eigenvalue weighted by Gasteiger charge is -2.35.